The highest BCUT2D eigenvalue weighted by Gasteiger charge is 2.05. The van der Waals surface area contributed by atoms with Crippen molar-refractivity contribution in [2.24, 2.45) is 0 Å². The van der Waals surface area contributed by atoms with Crippen molar-refractivity contribution in [3.8, 4) is 0 Å². The number of rotatable bonds is 3. The summed E-state index contributed by atoms with van der Waals surface area (Å²) in [6.45, 7) is 0. The van der Waals surface area contributed by atoms with Gasteiger partial charge in [-0.3, -0.25) is 0 Å². The quantitative estimate of drug-likeness (QED) is 0.885. The van der Waals surface area contributed by atoms with E-state index in [4.69, 9.17) is 0 Å². The van der Waals surface area contributed by atoms with Gasteiger partial charge in [0.05, 0.1) is 5.69 Å². The van der Waals surface area contributed by atoms with E-state index >= 15 is 0 Å². The third-order valence-electron chi connectivity index (χ3n) is 2.76. The zero-order chi connectivity index (χ0) is 14.5. The first kappa shape index (κ1) is 14.4. The first-order valence-electron chi connectivity index (χ1n) is 6.16. The lowest BCUT2D eigenvalue weighted by Crippen LogP contribution is -2.19. The fourth-order valence-electron chi connectivity index (χ4n) is 1.69. The summed E-state index contributed by atoms with van der Waals surface area (Å²) in [6, 6.07) is 14.8. The van der Waals surface area contributed by atoms with Gasteiger partial charge in [-0.05, 0) is 52.3 Å². The van der Waals surface area contributed by atoms with Gasteiger partial charge in [0.15, 0.2) is 0 Å². The summed E-state index contributed by atoms with van der Waals surface area (Å²) in [5.74, 6) is 0. The van der Waals surface area contributed by atoms with E-state index in [1.54, 1.807) is 0 Å². The van der Waals surface area contributed by atoms with Crippen molar-refractivity contribution in [1.29, 1.82) is 0 Å². The number of nitrogens with zero attached hydrogens (tertiary/aromatic N) is 1. The molecule has 4 nitrogen and oxygen atoms in total. The number of carbonyl (C=O) groups is 1. The third-order valence-corrected chi connectivity index (χ3v) is 3.46. The topological polar surface area (TPSA) is 44.4 Å². The normalized spacial score (nSPS) is 9.95. The van der Waals surface area contributed by atoms with E-state index in [1.165, 1.54) is 0 Å². The number of urea groups is 1. The monoisotopic (exact) mass is 333 g/mol. The summed E-state index contributed by atoms with van der Waals surface area (Å²) in [5.41, 5.74) is 2.57. The van der Waals surface area contributed by atoms with Crippen molar-refractivity contribution in [1.82, 2.24) is 0 Å². The molecule has 0 atom stereocenters. The molecule has 5 heteroatoms. The van der Waals surface area contributed by atoms with Crippen LogP contribution in [0.3, 0.4) is 0 Å². The third kappa shape index (κ3) is 3.74. The van der Waals surface area contributed by atoms with Crippen LogP contribution in [0.5, 0.6) is 0 Å². The van der Waals surface area contributed by atoms with Crippen LogP contribution in [0.4, 0.5) is 21.9 Å². The molecule has 0 spiro atoms. The molecule has 20 heavy (non-hydrogen) atoms. The summed E-state index contributed by atoms with van der Waals surface area (Å²) in [6.07, 6.45) is 0. The molecule has 0 saturated carbocycles. The van der Waals surface area contributed by atoms with Crippen molar-refractivity contribution >= 4 is 39.0 Å². The van der Waals surface area contributed by atoms with Crippen LogP contribution in [-0.4, -0.2) is 20.1 Å². The average Bonchev–Trinajstić information content (AvgIpc) is 2.42. The smallest absolute Gasteiger partial charge is 0.323 e. The maximum absolute atomic E-state index is 11.9. The molecule has 0 aliphatic rings. The number of anilines is 3. The summed E-state index contributed by atoms with van der Waals surface area (Å²) in [7, 11) is 3.95. The molecule has 2 amide bonds. The fraction of sp³-hybridized carbons (Fsp3) is 0.133. The van der Waals surface area contributed by atoms with E-state index in [9.17, 15) is 4.79 Å². The van der Waals surface area contributed by atoms with Gasteiger partial charge < -0.3 is 15.5 Å². The molecule has 0 bridgehead atoms. The zero-order valence-electron chi connectivity index (χ0n) is 11.4. The lowest BCUT2D eigenvalue weighted by molar-refractivity contribution is 0.262. The fourth-order valence-corrected chi connectivity index (χ4v) is 2.07. The van der Waals surface area contributed by atoms with Gasteiger partial charge in [-0.15, -0.1) is 0 Å². The van der Waals surface area contributed by atoms with Crippen LogP contribution in [0.1, 0.15) is 0 Å². The maximum Gasteiger partial charge on any atom is 0.323 e. The molecule has 0 aromatic heterocycles. The van der Waals surface area contributed by atoms with Crippen LogP contribution in [0.2, 0.25) is 0 Å². The van der Waals surface area contributed by atoms with Gasteiger partial charge in [0, 0.05) is 29.9 Å². The first-order valence-corrected chi connectivity index (χ1v) is 6.95. The second-order valence-electron chi connectivity index (χ2n) is 4.50. The molecule has 0 aliphatic carbocycles. The molecule has 0 aliphatic heterocycles. The van der Waals surface area contributed by atoms with E-state index in [-0.39, 0.29) is 6.03 Å². The number of benzene rings is 2. The van der Waals surface area contributed by atoms with E-state index in [2.05, 4.69) is 26.6 Å². The lowest BCUT2D eigenvalue weighted by atomic mass is 10.2. The number of hydrogen-bond donors (Lipinski definition) is 2. The summed E-state index contributed by atoms with van der Waals surface area (Å²) >= 11 is 3.39. The second-order valence-corrected chi connectivity index (χ2v) is 5.35. The Kier molecular flexibility index (Phi) is 4.63. The SMILES string of the molecule is CN(C)c1ccc(NC(=O)Nc2ccccc2Br)cc1. The molecule has 104 valence electrons. The Balaban J connectivity index is 1.99. The number of nitrogens with one attached hydrogen (secondary N) is 2. The molecule has 2 N–H and O–H groups in total. The van der Waals surface area contributed by atoms with Crippen molar-refractivity contribution in [3.05, 3.63) is 53.0 Å². The van der Waals surface area contributed by atoms with Crippen molar-refractivity contribution in [3.63, 3.8) is 0 Å². The van der Waals surface area contributed by atoms with Crippen molar-refractivity contribution in [2.45, 2.75) is 0 Å². The highest BCUT2D eigenvalue weighted by molar-refractivity contribution is 9.10. The summed E-state index contributed by atoms with van der Waals surface area (Å²) in [4.78, 5) is 13.9. The highest BCUT2D eigenvalue weighted by atomic mass is 79.9. The van der Waals surface area contributed by atoms with Crippen LogP contribution in [0, 0.1) is 0 Å². The largest absolute Gasteiger partial charge is 0.378 e. The highest BCUT2D eigenvalue weighted by Crippen LogP contribution is 2.21. The number of amides is 2. The van der Waals surface area contributed by atoms with Crippen LogP contribution >= 0.6 is 15.9 Å². The van der Waals surface area contributed by atoms with Crippen LogP contribution in [0.15, 0.2) is 53.0 Å². The van der Waals surface area contributed by atoms with Crippen molar-refractivity contribution in [2.75, 3.05) is 29.6 Å². The average molecular weight is 334 g/mol. The van der Waals surface area contributed by atoms with Crippen LogP contribution in [0.25, 0.3) is 0 Å². The standard InChI is InChI=1S/C15H16BrN3O/c1-19(2)12-9-7-11(8-10-12)17-15(20)18-14-6-4-3-5-13(14)16/h3-10H,1-2H3,(H2,17,18,20). The molecule has 0 fully saturated rings. The van der Waals surface area contributed by atoms with Gasteiger partial charge in [-0.25, -0.2) is 4.79 Å². The van der Waals surface area contributed by atoms with E-state index in [0.29, 0.717) is 0 Å². The van der Waals surface area contributed by atoms with Gasteiger partial charge in [0.25, 0.3) is 0 Å². The molecule has 0 saturated heterocycles. The minimum absolute atomic E-state index is 0.269. The Morgan fingerprint density at radius 1 is 1.00 bits per heavy atom. The van der Waals surface area contributed by atoms with Crippen LogP contribution in [-0.2, 0) is 0 Å². The van der Waals surface area contributed by atoms with E-state index < -0.39 is 0 Å². The molecule has 2 aromatic carbocycles. The number of halogens is 1. The van der Waals surface area contributed by atoms with Crippen LogP contribution < -0.4 is 15.5 Å². The molecular weight excluding hydrogens is 318 g/mol. The van der Waals surface area contributed by atoms with Gasteiger partial charge in [0.2, 0.25) is 0 Å². The zero-order valence-corrected chi connectivity index (χ0v) is 12.9. The summed E-state index contributed by atoms with van der Waals surface area (Å²) < 4.78 is 0.845. The lowest BCUT2D eigenvalue weighted by Gasteiger charge is -2.13. The Bertz CT molecular complexity index is 596. The number of para-hydroxylation sites is 1. The molecular formula is C15H16BrN3O. The molecule has 0 heterocycles. The first-order chi connectivity index (χ1) is 9.56. The van der Waals surface area contributed by atoms with E-state index in [1.807, 2.05) is 67.5 Å². The molecule has 2 rings (SSSR count). The predicted molar refractivity (Wildman–Crippen MR) is 87.6 cm³/mol. The molecule has 2 aromatic rings. The maximum atomic E-state index is 11.9. The molecule has 0 unspecified atom stereocenters. The second kappa shape index (κ2) is 6.43. The van der Waals surface area contributed by atoms with Gasteiger partial charge in [-0.2, -0.15) is 0 Å². The predicted octanol–water partition coefficient (Wildman–Crippen LogP) is 4.16. The Hall–Kier alpha value is -2.01. The van der Waals surface area contributed by atoms with Gasteiger partial charge >= 0.3 is 6.03 Å². The van der Waals surface area contributed by atoms with Gasteiger partial charge in [0.1, 0.15) is 0 Å². The van der Waals surface area contributed by atoms with Gasteiger partial charge in [-0.1, -0.05) is 12.1 Å². The number of carbonyl (C=O) groups excluding carboxylic acids is 1. The minimum Gasteiger partial charge on any atom is -0.378 e. The van der Waals surface area contributed by atoms with E-state index in [0.717, 1.165) is 21.5 Å². The Morgan fingerprint density at radius 3 is 2.25 bits per heavy atom. The van der Waals surface area contributed by atoms with Crippen molar-refractivity contribution < 1.29 is 4.79 Å². The Morgan fingerprint density at radius 2 is 1.65 bits per heavy atom. The Labute approximate surface area is 126 Å². The molecule has 0 radical (unpaired) electrons. The number of hydrogen-bond acceptors (Lipinski definition) is 2. The summed E-state index contributed by atoms with van der Waals surface area (Å²) in [5, 5.41) is 5.58. The minimum atomic E-state index is -0.269.